The molecule has 0 spiro atoms. The minimum atomic E-state index is -0.538. The molecule has 9 nitrogen and oxygen atoms in total. The lowest BCUT2D eigenvalue weighted by Crippen LogP contribution is -2.36. The maximum absolute atomic E-state index is 13.1. The summed E-state index contributed by atoms with van der Waals surface area (Å²) >= 11 is 0. The van der Waals surface area contributed by atoms with Crippen LogP contribution in [0.5, 0.6) is 0 Å². The van der Waals surface area contributed by atoms with E-state index in [0.717, 1.165) is 5.56 Å². The second-order valence-corrected chi connectivity index (χ2v) is 12.9. The Kier molecular flexibility index (Phi) is 8.30. The number of benzene rings is 1. The second-order valence-electron chi connectivity index (χ2n) is 12.9. The summed E-state index contributed by atoms with van der Waals surface area (Å²) in [7, 11) is 0. The number of nitriles is 1. The normalized spacial score (nSPS) is 12.1. The summed E-state index contributed by atoms with van der Waals surface area (Å²) in [6.45, 7) is 18.7. The monoisotopic (exact) mass is 529 g/mol. The summed E-state index contributed by atoms with van der Waals surface area (Å²) in [6.07, 6.45) is 3.64. The van der Waals surface area contributed by atoms with Crippen molar-refractivity contribution in [2.45, 2.75) is 79.6 Å². The van der Waals surface area contributed by atoms with E-state index in [0.29, 0.717) is 40.4 Å². The van der Waals surface area contributed by atoms with Gasteiger partial charge in [-0.3, -0.25) is 14.6 Å². The van der Waals surface area contributed by atoms with Crippen molar-refractivity contribution in [1.82, 2.24) is 25.3 Å². The predicted octanol–water partition coefficient (Wildman–Crippen LogP) is 5.22. The third-order valence-electron chi connectivity index (χ3n) is 6.36. The first-order valence-corrected chi connectivity index (χ1v) is 13.0. The van der Waals surface area contributed by atoms with E-state index in [2.05, 4.69) is 52.8 Å². The Hall–Kier alpha value is -4.06. The lowest BCUT2D eigenvalue weighted by atomic mass is 9.85. The Morgan fingerprint density at radius 2 is 1.72 bits per heavy atom. The lowest BCUT2D eigenvalue weighted by Gasteiger charge is -2.23. The fraction of sp³-hybridized carbons (Fsp3) is 0.467. The van der Waals surface area contributed by atoms with Gasteiger partial charge in [0.15, 0.2) is 0 Å². The van der Waals surface area contributed by atoms with Crippen LogP contribution in [-0.2, 0) is 15.6 Å². The number of rotatable bonds is 7. The number of carbonyl (C=O) groups is 2. The molecule has 0 aliphatic rings. The molecular weight excluding hydrogens is 490 g/mol. The molecule has 0 unspecified atom stereocenters. The maximum Gasteiger partial charge on any atom is 0.255 e. The Bertz CT molecular complexity index is 1420. The largest absolute Gasteiger partial charge is 0.356 e. The standard InChI is InChI=1S/C30H39N7O2/c1-19-24(37-17-25(35-36-37)30(8,9)14-26(38)33-18-28(2,3)4)13-23(16-32-19)34-27(39)21-10-20(15-31)11-22(12-21)29(5,6)7/h10-13,16-17H,14,18H2,1-9H3,(H,33,38)(H,34,39). The molecule has 2 N–H and O–H groups in total. The molecule has 206 valence electrons. The zero-order valence-electron chi connectivity index (χ0n) is 24.4. The van der Waals surface area contributed by atoms with Crippen molar-refractivity contribution in [2.75, 3.05) is 11.9 Å². The minimum absolute atomic E-state index is 0.00129. The lowest BCUT2D eigenvalue weighted by molar-refractivity contribution is -0.122. The molecule has 0 bridgehead atoms. The molecule has 3 aromatic rings. The van der Waals surface area contributed by atoms with E-state index in [1.807, 2.05) is 47.6 Å². The first kappa shape index (κ1) is 29.5. The van der Waals surface area contributed by atoms with Gasteiger partial charge < -0.3 is 10.6 Å². The van der Waals surface area contributed by atoms with Crippen molar-refractivity contribution in [3.8, 4) is 11.8 Å². The molecular formula is C30H39N7O2. The van der Waals surface area contributed by atoms with Crippen LogP contribution >= 0.6 is 0 Å². The number of aromatic nitrogens is 4. The number of anilines is 1. The van der Waals surface area contributed by atoms with Crippen LogP contribution in [0.1, 0.15) is 94.7 Å². The molecule has 3 rings (SSSR count). The van der Waals surface area contributed by atoms with Crippen molar-refractivity contribution >= 4 is 17.5 Å². The smallest absolute Gasteiger partial charge is 0.255 e. The van der Waals surface area contributed by atoms with Gasteiger partial charge in [0.25, 0.3) is 5.91 Å². The van der Waals surface area contributed by atoms with Gasteiger partial charge in [0.1, 0.15) is 0 Å². The molecule has 39 heavy (non-hydrogen) atoms. The minimum Gasteiger partial charge on any atom is -0.356 e. The van der Waals surface area contributed by atoms with Crippen LogP contribution in [0.25, 0.3) is 5.69 Å². The van der Waals surface area contributed by atoms with Crippen molar-refractivity contribution < 1.29 is 9.59 Å². The number of carbonyl (C=O) groups excluding carboxylic acids is 2. The SMILES string of the molecule is Cc1ncc(NC(=O)c2cc(C#N)cc(C(C)(C)C)c2)cc1-n1cc(C(C)(C)CC(=O)NCC(C)(C)C)nn1. The third kappa shape index (κ3) is 7.73. The van der Waals surface area contributed by atoms with Crippen LogP contribution in [-0.4, -0.2) is 38.3 Å². The van der Waals surface area contributed by atoms with Gasteiger partial charge in [-0.2, -0.15) is 5.26 Å². The van der Waals surface area contributed by atoms with Gasteiger partial charge in [-0.25, -0.2) is 4.68 Å². The average Bonchev–Trinajstić information content (AvgIpc) is 3.33. The predicted molar refractivity (Wildman–Crippen MR) is 152 cm³/mol. The summed E-state index contributed by atoms with van der Waals surface area (Å²) < 4.78 is 1.61. The number of pyridine rings is 1. The molecule has 9 heteroatoms. The molecule has 0 fully saturated rings. The Morgan fingerprint density at radius 1 is 1.03 bits per heavy atom. The number of nitrogens with one attached hydrogen (secondary N) is 2. The summed E-state index contributed by atoms with van der Waals surface area (Å²) in [5, 5.41) is 24.0. The van der Waals surface area contributed by atoms with Crippen molar-refractivity contribution in [2.24, 2.45) is 5.41 Å². The fourth-order valence-corrected chi connectivity index (χ4v) is 3.89. The topological polar surface area (TPSA) is 126 Å². The second kappa shape index (κ2) is 11.0. The zero-order chi connectivity index (χ0) is 29.2. The zero-order valence-corrected chi connectivity index (χ0v) is 24.4. The van der Waals surface area contributed by atoms with E-state index < -0.39 is 5.41 Å². The highest BCUT2D eigenvalue weighted by Crippen LogP contribution is 2.28. The highest BCUT2D eigenvalue weighted by molar-refractivity contribution is 6.04. The molecule has 2 amide bonds. The molecule has 2 heterocycles. The molecule has 0 aliphatic heterocycles. The first-order chi connectivity index (χ1) is 18.0. The van der Waals surface area contributed by atoms with Gasteiger partial charge >= 0.3 is 0 Å². The summed E-state index contributed by atoms with van der Waals surface area (Å²) in [5.74, 6) is -0.377. The van der Waals surface area contributed by atoms with Crippen LogP contribution in [0.2, 0.25) is 0 Å². The van der Waals surface area contributed by atoms with Crippen LogP contribution < -0.4 is 10.6 Å². The number of amides is 2. The number of hydrogen-bond acceptors (Lipinski definition) is 6. The van der Waals surface area contributed by atoms with Gasteiger partial charge in [-0.1, -0.05) is 60.6 Å². The molecule has 0 atom stereocenters. The van der Waals surface area contributed by atoms with E-state index in [4.69, 9.17) is 0 Å². The van der Waals surface area contributed by atoms with Crippen molar-refractivity contribution in [3.63, 3.8) is 0 Å². The molecule has 2 aromatic heterocycles. The van der Waals surface area contributed by atoms with Crippen molar-refractivity contribution in [3.05, 3.63) is 64.7 Å². The van der Waals surface area contributed by atoms with Gasteiger partial charge in [0, 0.05) is 23.9 Å². The van der Waals surface area contributed by atoms with Gasteiger partial charge in [0.2, 0.25) is 5.91 Å². The van der Waals surface area contributed by atoms with Crippen LogP contribution in [0.3, 0.4) is 0 Å². The third-order valence-corrected chi connectivity index (χ3v) is 6.36. The van der Waals surface area contributed by atoms with E-state index in [1.165, 1.54) is 0 Å². The highest BCUT2D eigenvalue weighted by Gasteiger charge is 2.28. The first-order valence-electron chi connectivity index (χ1n) is 13.0. The molecule has 0 saturated carbocycles. The van der Waals surface area contributed by atoms with E-state index >= 15 is 0 Å². The number of nitrogens with zero attached hydrogens (tertiary/aromatic N) is 5. The van der Waals surface area contributed by atoms with Crippen molar-refractivity contribution in [1.29, 1.82) is 5.26 Å². The van der Waals surface area contributed by atoms with Crippen LogP contribution in [0.4, 0.5) is 5.69 Å². The average molecular weight is 530 g/mol. The van der Waals surface area contributed by atoms with Gasteiger partial charge in [-0.15, -0.1) is 5.10 Å². The highest BCUT2D eigenvalue weighted by atomic mass is 16.2. The maximum atomic E-state index is 13.1. The summed E-state index contributed by atoms with van der Waals surface area (Å²) in [5.41, 5.74) is 3.49. The summed E-state index contributed by atoms with van der Waals surface area (Å²) in [4.78, 5) is 30.1. The molecule has 1 aromatic carbocycles. The summed E-state index contributed by atoms with van der Waals surface area (Å²) in [6, 6.07) is 9.11. The van der Waals surface area contributed by atoms with E-state index in [1.54, 1.807) is 35.3 Å². The molecule has 0 saturated heterocycles. The van der Waals surface area contributed by atoms with Gasteiger partial charge in [-0.05, 0) is 47.6 Å². The van der Waals surface area contributed by atoms with E-state index in [9.17, 15) is 14.9 Å². The van der Waals surface area contributed by atoms with Crippen LogP contribution in [0, 0.1) is 23.7 Å². The number of aryl methyl sites for hydroxylation is 1. The Morgan fingerprint density at radius 3 is 2.33 bits per heavy atom. The number of hydrogen-bond donors (Lipinski definition) is 2. The fourth-order valence-electron chi connectivity index (χ4n) is 3.89. The Labute approximate surface area is 231 Å². The molecule has 0 radical (unpaired) electrons. The van der Waals surface area contributed by atoms with E-state index in [-0.39, 0.29) is 29.1 Å². The Balaban J connectivity index is 1.82. The van der Waals surface area contributed by atoms with Crippen LogP contribution in [0.15, 0.2) is 36.7 Å². The quantitative estimate of drug-likeness (QED) is 0.432. The molecule has 0 aliphatic carbocycles. The van der Waals surface area contributed by atoms with Gasteiger partial charge in [0.05, 0.1) is 46.8 Å².